The molecule has 0 heterocycles. The maximum atomic E-state index is 12.8. The number of rotatable bonds is 3. The minimum absolute atomic E-state index is 0.172. The molecule has 3 nitrogen and oxygen atoms in total. The zero-order valence-electron chi connectivity index (χ0n) is 9.61. The van der Waals surface area contributed by atoms with Gasteiger partial charge in [0.15, 0.2) is 0 Å². The van der Waals surface area contributed by atoms with Gasteiger partial charge >= 0.3 is 0 Å². The van der Waals surface area contributed by atoms with Crippen LogP contribution in [0.4, 0.5) is 10.1 Å². The van der Waals surface area contributed by atoms with E-state index in [1.54, 1.807) is 12.1 Å². The fraction of sp³-hybridized carbons (Fsp3) is 0.385. The maximum Gasteiger partial charge on any atom is 0.247 e. The van der Waals surface area contributed by atoms with Crippen LogP contribution in [-0.4, -0.2) is 12.5 Å². The van der Waals surface area contributed by atoms with Crippen molar-refractivity contribution >= 4 is 11.6 Å². The molecule has 1 amide bonds. The number of benzene rings is 1. The van der Waals surface area contributed by atoms with Crippen molar-refractivity contribution < 1.29 is 9.18 Å². The van der Waals surface area contributed by atoms with Crippen molar-refractivity contribution in [2.45, 2.75) is 19.8 Å². The van der Waals surface area contributed by atoms with Gasteiger partial charge in [0.25, 0.3) is 0 Å². The standard InChI is InChI=1S/C13H13FN2O/c1-2-16(11-5-3-10(14)4-6-11)12(17)13(9-15)7-8-13/h3-6H,2,7-8H2,1H3. The SMILES string of the molecule is CCN(C(=O)C1(C#N)CC1)c1ccc(F)cc1. The van der Waals surface area contributed by atoms with Gasteiger partial charge in [-0.1, -0.05) is 0 Å². The van der Waals surface area contributed by atoms with E-state index in [4.69, 9.17) is 5.26 Å². The third-order valence-electron chi connectivity index (χ3n) is 3.07. The van der Waals surface area contributed by atoms with Gasteiger partial charge in [-0.3, -0.25) is 4.79 Å². The van der Waals surface area contributed by atoms with Crippen LogP contribution >= 0.6 is 0 Å². The molecule has 1 aromatic rings. The maximum absolute atomic E-state index is 12.8. The third kappa shape index (κ3) is 2.01. The summed E-state index contributed by atoms with van der Waals surface area (Å²) >= 11 is 0. The van der Waals surface area contributed by atoms with E-state index in [2.05, 4.69) is 6.07 Å². The summed E-state index contributed by atoms with van der Waals surface area (Å²) < 4.78 is 12.8. The lowest BCUT2D eigenvalue weighted by atomic mass is 10.1. The number of carbonyl (C=O) groups is 1. The first-order valence-corrected chi connectivity index (χ1v) is 5.62. The van der Waals surface area contributed by atoms with Gasteiger partial charge in [0.1, 0.15) is 11.2 Å². The molecule has 0 aliphatic heterocycles. The number of halogens is 1. The number of hydrogen-bond donors (Lipinski definition) is 0. The average molecular weight is 232 g/mol. The summed E-state index contributed by atoms with van der Waals surface area (Å²) in [5.41, 5.74) is -0.190. The van der Waals surface area contributed by atoms with Crippen molar-refractivity contribution in [2.24, 2.45) is 5.41 Å². The van der Waals surface area contributed by atoms with Gasteiger partial charge in [-0.05, 0) is 44.0 Å². The fourth-order valence-electron chi connectivity index (χ4n) is 1.82. The molecule has 4 heteroatoms. The second-order valence-corrected chi connectivity index (χ2v) is 4.22. The minimum atomic E-state index is -0.829. The Morgan fingerprint density at radius 2 is 2.06 bits per heavy atom. The molecular formula is C13H13FN2O. The Morgan fingerprint density at radius 1 is 1.47 bits per heavy atom. The Kier molecular flexibility index (Phi) is 2.84. The number of nitrogens with zero attached hydrogens (tertiary/aromatic N) is 2. The van der Waals surface area contributed by atoms with Crippen LogP contribution < -0.4 is 4.90 Å². The quantitative estimate of drug-likeness (QED) is 0.803. The molecule has 0 N–H and O–H groups in total. The summed E-state index contributed by atoms with van der Waals surface area (Å²) in [7, 11) is 0. The van der Waals surface area contributed by atoms with Crippen molar-refractivity contribution in [2.75, 3.05) is 11.4 Å². The van der Waals surface area contributed by atoms with Crippen molar-refractivity contribution in [3.05, 3.63) is 30.1 Å². The second-order valence-electron chi connectivity index (χ2n) is 4.22. The van der Waals surface area contributed by atoms with Crippen molar-refractivity contribution in [1.82, 2.24) is 0 Å². The van der Waals surface area contributed by atoms with Gasteiger partial charge in [-0.2, -0.15) is 5.26 Å². The predicted molar refractivity (Wildman–Crippen MR) is 61.7 cm³/mol. The molecule has 1 aromatic carbocycles. The fourth-order valence-corrected chi connectivity index (χ4v) is 1.82. The molecule has 0 unspecified atom stereocenters. The van der Waals surface area contributed by atoms with Gasteiger partial charge in [-0.25, -0.2) is 4.39 Å². The molecule has 0 spiro atoms. The Hall–Kier alpha value is -1.89. The molecule has 1 aliphatic rings. The number of nitriles is 1. The Labute approximate surface area is 99.5 Å². The molecule has 0 radical (unpaired) electrons. The highest BCUT2D eigenvalue weighted by Gasteiger charge is 2.52. The Bertz CT molecular complexity index is 471. The molecular weight excluding hydrogens is 219 g/mol. The van der Waals surface area contributed by atoms with Crippen LogP contribution in [0.15, 0.2) is 24.3 Å². The van der Waals surface area contributed by atoms with E-state index < -0.39 is 5.41 Å². The van der Waals surface area contributed by atoms with E-state index in [9.17, 15) is 9.18 Å². The summed E-state index contributed by atoms with van der Waals surface area (Å²) in [5, 5.41) is 9.00. The highest BCUT2D eigenvalue weighted by atomic mass is 19.1. The average Bonchev–Trinajstić information content (AvgIpc) is 3.13. The summed E-state index contributed by atoms with van der Waals surface area (Å²) in [6.07, 6.45) is 1.25. The van der Waals surface area contributed by atoms with Crippen molar-refractivity contribution in [3.8, 4) is 6.07 Å². The van der Waals surface area contributed by atoms with E-state index in [0.717, 1.165) is 0 Å². The van der Waals surface area contributed by atoms with Crippen LogP contribution in [0, 0.1) is 22.6 Å². The second kappa shape index (κ2) is 4.17. The first kappa shape index (κ1) is 11.6. The van der Waals surface area contributed by atoms with Crippen LogP contribution in [0.25, 0.3) is 0 Å². The number of carbonyl (C=O) groups excluding carboxylic acids is 1. The Balaban J connectivity index is 2.26. The third-order valence-corrected chi connectivity index (χ3v) is 3.07. The zero-order valence-corrected chi connectivity index (χ0v) is 9.61. The number of anilines is 1. The van der Waals surface area contributed by atoms with E-state index in [-0.39, 0.29) is 11.7 Å². The summed E-state index contributed by atoms with van der Waals surface area (Å²) in [4.78, 5) is 13.7. The lowest BCUT2D eigenvalue weighted by Crippen LogP contribution is -2.36. The first-order chi connectivity index (χ1) is 8.13. The van der Waals surface area contributed by atoms with Gasteiger partial charge < -0.3 is 4.90 Å². The molecule has 1 aliphatic carbocycles. The van der Waals surface area contributed by atoms with Gasteiger partial charge in [0.2, 0.25) is 5.91 Å². The molecule has 0 atom stereocenters. The highest BCUT2D eigenvalue weighted by Crippen LogP contribution is 2.47. The van der Waals surface area contributed by atoms with E-state index in [1.807, 2.05) is 6.92 Å². The van der Waals surface area contributed by atoms with E-state index in [0.29, 0.717) is 25.1 Å². The molecule has 1 saturated carbocycles. The summed E-state index contributed by atoms with van der Waals surface area (Å²) in [6.45, 7) is 2.32. The smallest absolute Gasteiger partial charge is 0.247 e. The van der Waals surface area contributed by atoms with E-state index in [1.165, 1.54) is 17.0 Å². The zero-order chi connectivity index (χ0) is 12.5. The van der Waals surface area contributed by atoms with Gasteiger partial charge in [-0.15, -0.1) is 0 Å². The minimum Gasteiger partial charge on any atom is -0.311 e. The molecule has 88 valence electrons. The number of amides is 1. The Morgan fingerprint density at radius 3 is 2.47 bits per heavy atom. The monoisotopic (exact) mass is 232 g/mol. The van der Waals surface area contributed by atoms with Crippen LogP contribution in [0.3, 0.4) is 0 Å². The lowest BCUT2D eigenvalue weighted by molar-refractivity contribution is -0.121. The molecule has 1 fully saturated rings. The van der Waals surface area contributed by atoms with Crippen LogP contribution in [0.2, 0.25) is 0 Å². The molecule has 0 aromatic heterocycles. The lowest BCUT2D eigenvalue weighted by Gasteiger charge is -2.23. The molecule has 17 heavy (non-hydrogen) atoms. The molecule has 2 rings (SSSR count). The van der Waals surface area contributed by atoms with Crippen LogP contribution in [0.1, 0.15) is 19.8 Å². The summed E-state index contributed by atoms with van der Waals surface area (Å²) in [6, 6.07) is 7.84. The van der Waals surface area contributed by atoms with Crippen molar-refractivity contribution in [3.63, 3.8) is 0 Å². The van der Waals surface area contributed by atoms with Crippen LogP contribution in [0.5, 0.6) is 0 Å². The van der Waals surface area contributed by atoms with E-state index >= 15 is 0 Å². The largest absolute Gasteiger partial charge is 0.311 e. The highest BCUT2D eigenvalue weighted by molar-refractivity contribution is 6.01. The first-order valence-electron chi connectivity index (χ1n) is 5.62. The predicted octanol–water partition coefficient (Wildman–Crippen LogP) is 2.48. The normalized spacial score (nSPS) is 16.1. The topological polar surface area (TPSA) is 44.1 Å². The molecule has 0 bridgehead atoms. The number of hydrogen-bond acceptors (Lipinski definition) is 2. The van der Waals surface area contributed by atoms with Gasteiger partial charge in [0, 0.05) is 12.2 Å². The molecule has 0 saturated heterocycles. The van der Waals surface area contributed by atoms with Gasteiger partial charge in [0.05, 0.1) is 6.07 Å². The summed E-state index contributed by atoms with van der Waals surface area (Å²) in [5.74, 6) is -0.507. The van der Waals surface area contributed by atoms with Crippen LogP contribution in [-0.2, 0) is 4.79 Å². The van der Waals surface area contributed by atoms with Crippen molar-refractivity contribution in [1.29, 1.82) is 5.26 Å².